The molecule has 0 bridgehead atoms. The average molecular weight is 1270 g/mol. The second-order valence-electron chi connectivity index (χ2n) is 26.1. The number of aliphatic hydroxyl groups excluding tert-OH is 1. The Morgan fingerprint density at radius 2 is 0.488 bits per heavy atom. The van der Waals surface area contributed by atoms with E-state index in [0.29, 0.717) is 37.5 Å². The molecule has 0 radical (unpaired) electrons. The predicted molar refractivity (Wildman–Crippen MR) is 344 cm³/mol. The highest BCUT2D eigenvalue weighted by Crippen LogP contribution is 2.45. The largest absolute Gasteiger partial charge is 0.472 e. The van der Waals surface area contributed by atoms with Gasteiger partial charge in [-0.3, -0.25) is 37.3 Å². The lowest BCUT2D eigenvalue weighted by Gasteiger charge is -2.21. The molecule has 0 aliphatic heterocycles. The SMILES string of the molecule is CC(C)CCCCCCCCCCCCCCCC(=O)O[C@H](COC(=O)CCCCCCCCC(C)C)COP(=O)(O)OC[C@H](O)COP(=O)(O)OC[C@@H](COC(=O)CCCCCCCCCCCC(C)C)OC(=O)CCCCCCCCC(C)C. The van der Waals surface area contributed by atoms with Crippen molar-refractivity contribution in [3.63, 3.8) is 0 Å². The van der Waals surface area contributed by atoms with Gasteiger partial charge in [-0.2, -0.15) is 0 Å². The van der Waals surface area contributed by atoms with Crippen LogP contribution in [0.3, 0.4) is 0 Å². The maximum absolute atomic E-state index is 13.0. The smallest absolute Gasteiger partial charge is 0.462 e. The van der Waals surface area contributed by atoms with Crippen molar-refractivity contribution >= 4 is 39.5 Å². The molecule has 0 aromatic carbocycles. The second kappa shape index (κ2) is 57.0. The lowest BCUT2D eigenvalue weighted by atomic mass is 10.0. The van der Waals surface area contributed by atoms with Crippen LogP contribution < -0.4 is 0 Å². The van der Waals surface area contributed by atoms with Crippen molar-refractivity contribution in [2.75, 3.05) is 39.6 Å². The van der Waals surface area contributed by atoms with Crippen molar-refractivity contribution in [1.82, 2.24) is 0 Å². The van der Waals surface area contributed by atoms with E-state index in [1.807, 2.05) is 0 Å². The summed E-state index contributed by atoms with van der Waals surface area (Å²) in [5.41, 5.74) is 0. The zero-order valence-electron chi connectivity index (χ0n) is 55.9. The maximum atomic E-state index is 13.0. The maximum Gasteiger partial charge on any atom is 0.472 e. The Balaban J connectivity index is 5.21. The number of carbonyl (C=O) groups excluding carboxylic acids is 4. The van der Waals surface area contributed by atoms with Gasteiger partial charge in [0, 0.05) is 25.7 Å². The summed E-state index contributed by atoms with van der Waals surface area (Å²) >= 11 is 0. The molecule has 0 amide bonds. The van der Waals surface area contributed by atoms with E-state index in [9.17, 15) is 43.2 Å². The summed E-state index contributed by atoms with van der Waals surface area (Å²) in [5, 5.41) is 10.5. The third-order valence-electron chi connectivity index (χ3n) is 15.3. The van der Waals surface area contributed by atoms with Crippen LogP contribution in [0.1, 0.15) is 325 Å². The highest BCUT2D eigenvalue weighted by Gasteiger charge is 2.30. The van der Waals surface area contributed by atoms with Crippen LogP contribution in [0.15, 0.2) is 0 Å². The molecular weight excluding hydrogens is 1140 g/mol. The standard InChI is InChI=1S/C67H130O17P2/c1-57(2)43-35-27-19-15-12-10-9-11-13-17-22-33-41-49-66(71)83-62(54-78-65(70)48-40-32-25-23-29-37-45-59(5)6)55-81-85(73,74)79-51-61(68)52-80-86(75,76)82-56-63(84-67(72)50-42-34-26-24-30-38-46-60(7)8)53-77-64(69)47-39-31-21-18-14-16-20-28-36-44-58(3)4/h57-63,68H,9-56H2,1-8H3,(H,73,74)(H,75,76)/t61-,62+,63+/m0/s1. The highest BCUT2D eigenvalue weighted by molar-refractivity contribution is 7.47. The van der Waals surface area contributed by atoms with Crippen molar-refractivity contribution < 1.29 is 80.2 Å². The lowest BCUT2D eigenvalue weighted by Crippen LogP contribution is -2.30. The van der Waals surface area contributed by atoms with Gasteiger partial charge in [0.2, 0.25) is 0 Å². The van der Waals surface area contributed by atoms with Gasteiger partial charge in [-0.25, -0.2) is 9.13 Å². The molecule has 17 nitrogen and oxygen atoms in total. The molecule has 0 aliphatic carbocycles. The summed E-state index contributed by atoms with van der Waals surface area (Å²) in [7, 11) is -9.89. The Bertz CT molecular complexity index is 1710. The van der Waals surface area contributed by atoms with Crippen LogP contribution in [-0.4, -0.2) is 96.7 Å². The number of phosphoric ester groups is 2. The monoisotopic (exact) mass is 1270 g/mol. The Labute approximate surface area is 524 Å². The van der Waals surface area contributed by atoms with E-state index in [2.05, 4.69) is 55.4 Å². The van der Waals surface area contributed by atoms with E-state index in [1.54, 1.807) is 0 Å². The number of unbranched alkanes of at least 4 members (excludes halogenated alkanes) is 30. The molecule has 3 N–H and O–H groups in total. The first kappa shape index (κ1) is 84.1. The van der Waals surface area contributed by atoms with Crippen LogP contribution in [0.5, 0.6) is 0 Å². The first-order chi connectivity index (χ1) is 41.1. The first-order valence-electron chi connectivity index (χ1n) is 34.7. The highest BCUT2D eigenvalue weighted by atomic mass is 31.2. The second-order valence-corrected chi connectivity index (χ2v) is 29.0. The molecule has 0 aliphatic rings. The van der Waals surface area contributed by atoms with Crippen LogP contribution in [0.2, 0.25) is 0 Å². The van der Waals surface area contributed by atoms with E-state index in [1.165, 1.54) is 122 Å². The molecule has 19 heteroatoms. The molecule has 0 aromatic heterocycles. The van der Waals surface area contributed by atoms with E-state index >= 15 is 0 Å². The summed E-state index contributed by atoms with van der Waals surface area (Å²) in [4.78, 5) is 72.3. The van der Waals surface area contributed by atoms with E-state index in [0.717, 1.165) is 108 Å². The summed E-state index contributed by atoms with van der Waals surface area (Å²) in [6, 6.07) is 0. The molecule has 0 heterocycles. The van der Waals surface area contributed by atoms with Crippen LogP contribution in [0.4, 0.5) is 0 Å². The van der Waals surface area contributed by atoms with Crippen LogP contribution in [0.25, 0.3) is 0 Å². The summed E-state index contributed by atoms with van der Waals surface area (Å²) in [6.07, 6.45) is 37.9. The van der Waals surface area contributed by atoms with Crippen molar-refractivity contribution in [2.45, 2.75) is 343 Å². The van der Waals surface area contributed by atoms with Crippen LogP contribution in [0, 0.1) is 23.7 Å². The average Bonchev–Trinajstić information content (AvgIpc) is 3.58. The molecule has 0 aromatic rings. The third-order valence-corrected chi connectivity index (χ3v) is 17.2. The Morgan fingerprint density at radius 3 is 0.721 bits per heavy atom. The number of aliphatic hydroxyl groups is 1. The quantitative estimate of drug-likeness (QED) is 0.0222. The van der Waals surface area contributed by atoms with Gasteiger partial charge in [-0.15, -0.1) is 0 Å². The van der Waals surface area contributed by atoms with E-state index in [4.69, 9.17) is 37.0 Å². The number of ether oxygens (including phenoxy) is 4. The number of rotatable bonds is 64. The van der Waals surface area contributed by atoms with Crippen LogP contribution >= 0.6 is 15.6 Å². The Morgan fingerprint density at radius 1 is 0.291 bits per heavy atom. The summed E-state index contributed by atoms with van der Waals surface area (Å²) in [6.45, 7) is 13.9. The third kappa shape index (κ3) is 60.9. The van der Waals surface area contributed by atoms with Crippen molar-refractivity contribution in [1.29, 1.82) is 0 Å². The molecule has 0 saturated heterocycles. The zero-order chi connectivity index (χ0) is 63.9. The van der Waals surface area contributed by atoms with Gasteiger partial charge in [0.05, 0.1) is 26.4 Å². The minimum Gasteiger partial charge on any atom is -0.462 e. The number of esters is 4. The van der Waals surface area contributed by atoms with E-state index in [-0.39, 0.29) is 25.7 Å². The fraction of sp³-hybridized carbons (Fsp3) is 0.940. The molecular formula is C67H130O17P2. The molecule has 2 unspecified atom stereocenters. The molecule has 510 valence electrons. The van der Waals surface area contributed by atoms with Gasteiger partial charge in [-0.05, 0) is 49.4 Å². The zero-order valence-corrected chi connectivity index (χ0v) is 57.7. The molecule has 5 atom stereocenters. The first-order valence-corrected chi connectivity index (χ1v) is 37.7. The fourth-order valence-electron chi connectivity index (χ4n) is 9.96. The summed E-state index contributed by atoms with van der Waals surface area (Å²) < 4.78 is 68.1. The predicted octanol–water partition coefficient (Wildman–Crippen LogP) is 18.5. The Hall–Kier alpha value is -1.94. The van der Waals surface area contributed by atoms with Gasteiger partial charge in [-0.1, -0.05) is 274 Å². The minimum absolute atomic E-state index is 0.101. The normalized spacial score (nSPS) is 14.4. The van der Waals surface area contributed by atoms with Gasteiger partial charge in [0.1, 0.15) is 19.3 Å². The molecule has 86 heavy (non-hydrogen) atoms. The van der Waals surface area contributed by atoms with Gasteiger partial charge in [0.25, 0.3) is 0 Å². The van der Waals surface area contributed by atoms with Crippen molar-refractivity contribution in [2.24, 2.45) is 23.7 Å². The minimum atomic E-state index is -4.95. The number of hydrogen-bond acceptors (Lipinski definition) is 15. The van der Waals surface area contributed by atoms with E-state index < -0.39 is 97.5 Å². The topological polar surface area (TPSA) is 237 Å². The molecule has 0 rings (SSSR count). The van der Waals surface area contributed by atoms with Crippen molar-refractivity contribution in [3.8, 4) is 0 Å². The fourth-order valence-corrected chi connectivity index (χ4v) is 11.5. The summed E-state index contributed by atoms with van der Waals surface area (Å²) in [5.74, 6) is 0.740. The number of phosphoric acid groups is 2. The molecule has 0 fully saturated rings. The van der Waals surface area contributed by atoms with Crippen LogP contribution in [-0.2, 0) is 65.4 Å². The lowest BCUT2D eigenvalue weighted by molar-refractivity contribution is -0.161. The molecule has 0 saturated carbocycles. The van der Waals surface area contributed by atoms with Gasteiger partial charge < -0.3 is 33.8 Å². The Kier molecular flexibility index (Phi) is 55.7. The number of hydrogen-bond donors (Lipinski definition) is 3. The van der Waals surface area contributed by atoms with Gasteiger partial charge in [0.15, 0.2) is 12.2 Å². The number of carbonyl (C=O) groups is 4. The molecule has 0 spiro atoms. The van der Waals surface area contributed by atoms with Crippen molar-refractivity contribution in [3.05, 3.63) is 0 Å². The van der Waals surface area contributed by atoms with Gasteiger partial charge >= 0.3 is 39.5 Å².